The van der Waals surface area contributed by atoms with Gasteiger partial charge >= 0.3 is 5.97 Å². The predicted octanol–water partition coefficient (Wildman–Crippen LogP) is 2.82. The summed E-state index contributed by atoms with van der Waals surface area (Å²) in [5.41, 5.74) is -1.22. The van der Waals surface area contributed by atoms with Crippen LogP contribution in [0.3, 0.4) is 0 Å². The minimum atomic E-state index is -1.22. The van der Waals surface area contributed by atoms with Gasteiger partial charge < -0.3 is 14.7 Å². The number of hydrogen-bond donors (Lipinski definition) is 1. The average Bonchev–Trinajstić information content (AvgIpc) is 2.44. The van der Waals surface area contributed by atoms with Crippen LogP contribution in [-0.4, -0.2) is 41.1 Å². The molecule has 0 bridgehead atoms. The second-order valence-corrected chi connectivity index (χ2v) is 5.61. The zero-order valence-corrected chi connectivity index (χ0v) is 13.2. The van der Waals surface area contributed by atoms with E-state index in [-0.39, 0.29) is 12.3 Å². The summed E-state index contributed by atoms with van der Waals surface area (Å²) in [6, 6.07) is 7.10. The van der Waals surface area contributed by atoms with E-state index in [4.69, 9.17) is 21.4 Å². The minimum Gasteiger partial charge on any atom is -0.492 e. The number of carboxylic acids is 1. The number of carbonyl (C=O) groups is 2. The van der Waals surface area contributed by atoms with Gasteiger partial charge in [-0.1, -0.05) is 23.7 Å². The van der Waals surface area contributed by atoms with Crippen LogP contribution < -0.4 is 4.74 Å². The summed E-state index contributed by atoms with van der Waals surface area (Å²) < 4.78 is 5.48. The standard InChI is InChI=1S/C15H20ClNO4/c1-15(2,14(19)20)17(3)13(18)9-6-10-21-12-8-5-4-7-11(12)16/h4-5,7-8H,6,9-10H2,1-3H3,(H,19,20). The number of halogens is 1. The molecule has 21 heavy (non-hydrogen) atoms. The molecule has 0 atom stereocenters. The van der Waals surface area contributed by atoms with E-state index >= 15 is 0 Å². The lowest BCUT2D eigenvalue weighted by molar-refractivity contribution is -0.155. The number of nitrogens with zero attached hydrogens (tertiary/aromatic N) is 1. The Bertz CT molecular complexity index is 516. The maximum atomic E-state index is 12.0. The molecule has 116 valence electrons. The lowest BCUT2D eigenvalue weighted by Crippen LogP contribution is -2.50. The van der Waals surface area contributed by atoms with Crippen LogP contribution in [0.1, 0.15) is 26.7 Å². The molecule has 0 fully saturated rings. The largest absolute Gasteiger partial charge is 0.492 e. The molecule has 0 saturated carbocycles. The fourth-order valence-electron chi connectivity index (χ4n) is 1.59. The third-order valence-corrected chi connectivity index (χ3v) is 3.68. The van der Waals surface area contributed by atoms with Crippen molar-refractivity contribution in [3.63, 3.8) is 0 Å². The quantitative estimate of drug-likeness (QED) is 0.786. The van der Waals surface area contributed by atoms with Gasteiger partial charge in [0.1, 0.15) is 11.3 Å². The van der Waals surface area contributed by atoms with Crippen molar-refractivity contribution < 1.29 is 19.4 Å². The number of para-hydroxylation sites is 1. The number of ether oxygens (including phenoxy) is 1. The molecule has 0 aliphatic heterocycles. The van der Waals surface area contributed by atoms with E-state index in [0.29, 0.717) is 23.8 Å². The SMILES string of the molecule is CN(C(=O)CCCOc1ccccc1Cl)C(C)(C)C(=O)O. The zero-order chi connectivity index (χ0) is 16.0. The molecule has 0 saturated heterocycles. The first kappa shape index (κ1) is 17.3. The summed E-state index contributed by atoms with van der Waals surface area (Å²) in [4.78, 5) is 24.3. The highest BCUT2D eigenvalue weighted by Crippen LogP contribution is 2.23. The van der Waals surface area contributed by atoms with E-state index < -0.39 is 11.5 Å². The van der Waals surface area contributed by atoms with E-state index in [1.165, 1.54) is 25.8 Å². The van der Waals surface area contributed by atoms with Gasteiger partial charge in [0.25, 0.3) is 0 Å². The molecule has 1 rings (SSSR count). The number of amides is 1. The molecule has 0 radical (unpaired) electrons. The summed E-state index contributed by atoms with van der Waals surface area (Å²) in [5.74, 6) is -0.693. The highest BCUT2D eigenvalue weighted by atomic mass is 35.5. The number of aliphatic carboxylic acids is 1. The predicted molar refractivity (Wildman–Crippen MR) is 80.7 cm³/mol. The van der Waals surface area contributed by atoms with Gasteiger partial charge in [-0.3, -0.25) is 4.79 Å². The Kier molecular flexibility index (Phi) is 6.03. The van der Waals surface area contributed by atoms with Crippen LogP contribution in [-0.2, 0) is 9.59 Å². The molecule has 0 aliphatic carbocycles. The molecule has 0 unspecified atom stereocenters. The molecule has 0 heterocycles. The fourth-order valence-corrected chi connectivity index (χ4v) is 1.78. The van der Waals surface area contributed by atoms with Crippen molar-refractivity contribution in [3.05, 3.63) is 29.3 Å². The van der Waals surface area contributed by atoms with Gasteiger partial charge in [0, 0.05) is 13.5 Å². The van der Waals surface area contributed by atoms with Crippen molar-refractivity contribution in [2.45, 2.75) is 32.2 Å². The minimum absolute atomic E-state index is 0.220. The molecular weight excluding hydrogens is 294 g/mol. The van der Waals surface area contributed by atoms with Gasteiger partial charge in [-0.2, -0.15) is 0 Å². The van der Waals surface area contributed by atoms with Crippen LogP contribution in [0, 0.1) is 0 Å². The Labute approximate surface area is 129 Å². The highest BCUT2D eigenvalue weighted by Gasteiger charge is 2.34. The van der Waals surface area contributed by atoms with Crippen LogP contribution in [0.5, 0.6) is 5.75 Å². The smallest absolute Gasteiger partial charge is 0.329 e. The topological polar surface area (TPSA) is 66.8 Å². The Morgan fingerprint density at radius 2 is 1.95 bits per heavy atom. The van der Waals surface area contributed by atoms with Crippen LogP contribution in [0.4, 0.5) is 0 Å². The maximum Gasteiger partial charge on any atom is 0.329 e. The first-order valence-corrected chi connectivity index (χ1v) is 7.02. The van der Waals surface area contributed by atoms with Crippen LogP contribution in [0.15, 0.2) is 24.3 Å². The van der Waals surface area contributed by atoms with E-state index in [0.717, 1.165) is 0 Å². The number of hydrogen-bond acceptors (Lipinski definition) is 3. The second-order valence-electron chi connectivity index (χ2n) is 5.20. The van der Waals surface area contributed by atoms with Gasteiger partial charge in [-0.15, -0.1) is 0 Å². The number of benzene rings is 1. The van der Waals surface area contributed by atoms with Gasteiger partial charge in [-0.25, -0.2) is 4.79 Å². The van der Waals surface area contributed by atoms with E-state index in [2.05, 4.69) is 0 Å². The third kappa shape index (κ3) is 4.63. The Hall–Kier alpha value is -1.75. The first-order valence-electron chi connectivity index (χ1n) is 6.64. The van der Waals surface area contributed by atoms with E-state index in [1.54, 1.807) is 12.1 Å². The second kappa shape index (κ2) is 7.31. The average molecular weight is 314 g/mol. The lowest BCUT2D eigenvalue weighted by Gasteiger charge is -2.31. The van der Waals surface area contributed by atoms with Gasteiger partial charge in [0.2, 0.25) is 5.91 Å². The Morgan fingerprint density at radius 1 is 1.33 bits per heavy atom. The summed E-state index contributed by atoms with van der Waals surface area (Å²) in [6.45, 7) is 3.33. The van der Waals surface area contributed by atoms with Crippen LogP contribution in [0.25, 0.3) is 0 Å². The molecular formula is C15H20ClNO4. The van der Waals surface area contributed by atoms with Crippen molar-refractivity contribution in [1.82, 2.24) is 4.90 Å². The van der Waals surface area contributed by atoms with Gasteiger partial charge in [0.05, 0.1) is 11.6 Å². The Balaban J connectivity index is 2.41. The first-order chi connectivity index (χ1) is 9.76. The number of likely N-dealkylation sites (N-methyl/N-ethyl adjacent to an activating group) is 1. The molecule has 0 aliphatic rings. The van der Waals surface area contributed by atoms with Crippen molar-refractivity contribution >= 4 is 23.5 Å². The fraction of sp³-hybridized carbons (Fsp3) is 0.467. The molecule has 1 amide bonds. The molecule has 1 aromatic carbocycles. The number of carbonyl (C=O) groups excluding carboxylic acids is 1. The van der Waals surface area contributed by atoms with Crippen molar-refractivity contribution in [3.8, 4) is 5.75 Å². The molecule has 0 spiro atoms. The normalized spacial score (nSPS) is 11.0. The summed E-state index contributed by atoms with van der Waals surface area (Å²) >= 11 is 5.95. The van der Waals surface area contributed by atoms with Crippen molar-refractivity contribution in [2.24, 2.45) is 0 Å². The lowest BCUT2D eigenvalue weighted by atomic mass is 10.0. The van der Waals surface area contributed by atoms with E-state index in [1.807, 2.05) is 12.1 Å². The van der Waals surface area contributed by atoms with Crippen molar-refractivity contribution in [2.75, 3.05) is 13.7 Å². The van der Waals surface area contributed by atoms with Crippen LogP contribution in [0.2, 0.25) is 5.02 Å². The number of carboxylic acid groups (broad SMARTS) is 1. The molecule has 0 aromatic heterocycles. The molecule has 5 nitrogen and oxygen atoms in total. The van der Waals surface area contributed by atoms with Crippen LogP contribution >= 0.6 is 11.6 Å². The van der Waals surface area contributed by atoms with Gasteiger partial charge in [0.15, 0.2) is 0 Å². The maximum absolute atomic E-state index is 12.0. The summed E-state index contributed by atoms with van der Waals surface area (Å²) in [7, 11) is 1.49. The van der Waals surface area contributed by atoms with Gasteiger partial charge in [-0.05, 0) is 32.4 Å². The zero-order valence-electron chi connectivity index (χ0n) is 12.4. The monoisotopic (exact) mass is 313 g/mol. The molecule has 1 N–H and O–H groups in total. The Morgan fingerprint density at radius 3 is 2.52 bits per heavy atom. The van der Waals surface area contributed by atoms with E-state index in [9.17, 15) is 9.59 Å². The highest BCUT2D eigenvalue weighted by molar-refractivity contribution is 6.32. The summed E-state index contributed by atoms with van der Waals surface area (Å²) in [6.07, 6.45) is 0.710. The molecule has 6 heteroatoms. The number of rotatable bonds is 7. The van der Waals surface area contributed by atoms with Crippen molar-refractivity contribution in [1.29, 1.82) is 0 Å². The third-order valence-electron chi connectivity index (χ3n) is 3.37. The molecule has 1 aromatic rings. The summed E-state index contributed by atoms with van der Waals surface area (Å²) in [5, 5.41) is 9.60.